The van der Waals surface area contributed by atoms with E-state index >= 15 is 0 Å². The standard InChI is InChI=1S/C10H14N2O.ClH/c1-11-10(12-2)8-4-6-9(13-3)7-5-8;/h4-7H,1-3H3,(H,11,12);1H. The van der Waals surface area contributed by atoms with E-state index in [0.717, 1.165) is 17.1 Å². The third-order valence-corrected chi connectivity index (χ3v) is 1.82. The van der Waals surface area contributed by atoms with Crippen LogP contribution in [0.5, 0.6) is 5.75 Å². The molecule has 0 spiro atoms. The van der Waals surface area contributed by atoms with Gasteiger partial charge in [0, 0.05) is 19.7 Å². The minimum atomic E-state index is 0. The lowest BCUT2D eigenvalue weighted by Gasteiger charge is -2.05. The van der Waals surface area contributed by atoms with Gasteiger partial charge < -0.3 is 10.1 Å². The maximum Gasteiger partial charge on any atom is 0.127 e. The zero-order valence-corrected chi connectivity index (χ0v) is 9.39. The number of ether oxygens (including phenoxy) is 1. The Bertz CT molecular complexity index is 295. The summed E-state index contributed by atoms with van der Waals surface area (Å²) in [6.07, 6.45) is 0. The van der Waals surface area contributed by atoms with Crippen molar-refractivity contribution in [3.05, 3.63) is 29.8 Å². The summed E-state index contributed by atoms with van der Waals surface area (Å²) in [5.41, 5.74) is 1.06. The van der Waals surface area contributed by atoms with Crippen molar-refractivity contribution in [3.8, 4) is 5.75 Å². The van der Waals surface area contributed by atoms with Gasteiger partial charge >= 0.3 is 0 Å². The maximum atomic E-state index is 5.06. The Hall–Kier alpha value is -1.22. The number of nitrogens with zero attached hydrogens (tertiary/aromatic N) is 1. The molecule has 0 aliphatic carbocycles. The first-order chi connectivity index (χ1) is 6.31. The second kappa shape index (κ2) is 6.27. The van der Waals surface area contributed by atoms with E-state index in [9.17, 15) is 0 Å². The van der Waals surface area contributed by atoms with E-state index in [1.54, 1.807) is 14.2 Å². The molecule has 0 bridgehead atoms. The van der Waals surface area contributed by atoms with Gasteiger partial charge in [0.2, 0.25) is 0 Å². The van der Waals surface area contributed by atoms with E-state index in [-0.39, 0.29) is 12.4 Å². The second-order valence-corrected chi connectivity index (χ2v) is 2.55. The van der Waals surface area contributed by atoms with Crippen LogP contribution in [-0.2, 0) is 0 Å². The summed E-state index contributed by atoms with van der Waals surface area (Å²) in [5, 5.41) is 3.01. The van der Waals surface area contributed by atoms with Crippen LogP contribution in [0.3, 0.4) is 0 Å². The van der Waals surface area contributed by atoms with Gasteiger partial charge in [-0.15, -0.1) is 12.4 Å². The molecule has 0 saturated heterocycles. The lowest BCUT2D eigenvalue weighted by Crippen LogP contribution is -2.19. The van der Waals surface area contributed by atoms with Gasteiger partial charge in [-0.25, -0.2) is 0 Å². The van der Waals surface area contributed by atoms with Gasteiger partial charge in [0.15, 0.2) is 0 Å². The molecule has 78 valence electrons. The first kappa shape index (κ1) is 12.8. The van der Waals surface area contributed by atoms with Crippen LogP contribution in [0.1, 0.15) is 5.56 Å². The van der Waals surface area contributed by atoms with Crippen LogP contribution < -0.4 is 10.1 Å². The van der Waals surface area contributed by atoms with Crippen molar-refractivity contribution in [1.82, 2.24) is 5.32 Å². The summed E-state index contributed by atoms with van der Waals surface area (Å²) in [4.78, 5) is 4.10. The summed E-state index contributed by atoms with van der Waals surface area (Å²) in [6.45, 7) is 0. The third kappa shape index (κ3) is 2.92. The molecule has 1 aromatic rings. The summed E-state index contributed by atoms with van der Waals surface area (Å²) >= 11 is 0. The number of halogens is 1. The molecule has 1 aromatic carbocycles. The number of methoxy groups -OCH3 is 1. The highest BCUT2D eigenvalue weighted by molar-refractivity contribution is 5.98. The zero-order valence-electron chi connectivity index (χ0n) is 8.57. The van der Waals surface area contributed by atoms with Crippen LogP contribution >= 0.6 is 12.4 Å². The average molecular weight is 215 g/mol. The van der Waals surface area contributed by atoms with E-state index < -0.39 is 0 Å². The maximum absolute atomic E-state index is 5.06. The largest absolute Gasteiger partial charge is 0.497 e. The summed E-state index contributed by atoms with van der Waals surface area (Å²) in [7, 11) is 5.27. The minimum Gasteiger partial charge on any atom is -0.497 e. The number of rotatable bonds is 2. The number of hydrogen-bond acceptors (Lipinski definition) is 2. The SMILES string of the molecule is CN=C(NC)c1ccc(OC)cc1.Cl. The van der Waals surface area contributed by atoms with Gasteiger partial charge in [0.1, 0.15) is 11.6 Å². The highest BCUT2D eigenvalue weighted by Gasteiger charge is 1.98. The lowest BCUT2D eigenvalue weighted by molar-refractivity contribution is 0.415. The minimum absolute atomic E-state index is 0. The number of hydrogen-bond donors (Lipinski definition) is 1. The molecular formula is C10H15ClN2O. The van der Waals surface area contributed by atoms with Crippen LogP contribution in [0.15, 0.2) is 29.3 Å². The summed E-state index contributed by atoms with van der Waals surface area (Å²) in [5.74, 6) is 1.73. The van der Waals surface area contributed by atoms with E-state index in [4.69, 9.17) is 4.74 Å². The molecular weight excluding hydrogens is 200 g/mol. The van der Waals surface area contributed by atoms with Crippen molar-refractivity contribution in [1.29, 1.82) is 0 Å². The van der Waals surface area contributed by atoms with Crippen LogP contribution in [0, 0.1) is 0 Å². The lowest BCUT2D eigenvalue weighted by atomic mass is 10.2. The molecule has 4 heteroatoms. The Labute approximate surface area is 90.6 Å². The van der Waals surface area contributed by atoms with Crippen LogP contribution in [0.2, 0.25) is 0 Å². The Kier molecular flexibility index (Phi) is 5.72. The molecule has 0 aromatic heterocycles. The van der Waals surface area contributed by atoms with Crippen molar-refractivity contribution in [2.24, 2.45) is 4.99 Å². The molecule has 0 amide bonds. The average Bonchev–Trinajstić information content (AvgIpc) is 2.21. The van der Waals surface area contributed by atoms with E-state index in [1.807, 2.05) is 31.3 Å². The zero-order chi connectivity index (χ0) is 9.68. The van der Waals surface area contributed by atoms with Crippen molar-refractivity contribution < 1.29 is 4.74 Å². The van der Waals surface area contributed by atoms with Crippen molar-refractivity contribution in [3.63, 3.8) is 0 Å². The topological polar surface area (TPSA) is 33.6 Å². The van der Waals surface area contributed by atoms with E-state index in [0.29, 0.717) is 0 Å². The first-order valence-electron chi connectivity index (χ1n) is 4.10. The Morgan fingerprint density at radius 2 is 1.86 bits per heavy atom. The Morgan fingerprint density at radius 3 is 2.21 bits per heavy atom. The van der Waals surface area contributed by atoms with Crippen LogP contribution in [-0.4, -0.2) is 27.0 Å². The predicted molar refractivity (Wildman–Crippen MR) is 61.8 cm³/mol. The molecule has 0 aliphatic heterocycles. The van der Waals surface area contributed by atoms with Gasteiger partial charge in [-0.1, -0.05) is 0 Å². The molecule has 0 unspecified atom stereocenters. The first-order valence-corrected chi connectivity index (χ1v) is 4.10. The van der Waals surface area contributed by atoms with Crippen LogP contribution in [0.4, 0.5) is 0 Å². The number of aliphatic imine (C=N–C) groups is 1. The van der Waals surface area contributed by atoms with Crippen molar-refractivity contribution in [2.45, 2.75) is 0 Å². The fraction of sp³-hybridized carbons (Fsp3) is 0.300. The normalized spacial score (nSPS) is 10.4. The monoisotopic (exact) mass is 214 g/mol. The van der Waals surface area contributed by atoms with Gasteiger partial charge in [-0.3, -0.25) is 4.99 Å². The molecule has 0 fully saturated rings. The molecule has 14 heavy (non-hydrogen) atoms. The van der Waals surface area contributed by atoms with Gasteiger partial charge in [-0.05, 0) is 24.3 Å². The molecule has 1 rings (SSSR count). The van der Waals surface area contributed by atoms with Gasteiger partial charge in [-0.2, -0.15) is 0 Å². The highest BCUT2D eigenvalue weighted by Crippen LogP contribution is 2.11. The van der Waals surface area contributed by atoms with Crippen molar-refractivity contribution >= 4 is 18.2 Å². The number of amidine groups is 1. The fourth-order valence-corrected chi connectivity index (χ4v) is 1.13. The van der Waals surface area contributed by atoms with Crippen molar-refractivity contribution in [2.75, 3.05) is 21.2 Å². The molecule has 0 aliphatic rings. The second-order valence-electron chi connectivity index (χ2n) is 2.55. The molecule has 0 radical (unpaired) electrons. The smallest absolute Gasteiger partial charge is 0.127 e. The Balaban J connectivity index is 0.00000169. The number of nitrogens with one attached hydrogen (secondary N) is 1. The fourth-order valence-electron chi connectivity index (χ4n) is 1.13. The summed E-state index contributed by atoms with van der Waals surface area (Å²) in [6, 6.07) is 7.77. The number of benzene rings is 1. The summed E-state index contributed by atoms with van der Waals surface area (Å²) < 4.78 is 5.06. The van der Waals surface area contributed by atoms with E-state index in [2.05, 4.69) is 10.3 Å². The molecule has 1 N–H and O–H groups in total. The van der Waals surface area contributed by atoms with Crippen LogP contribution in [0.25, 0.3) is 0 Å². The quantitative estimate of drug-likeness (QED) is 0.601. The Morgan fingerprint density at radius 1 is 1.29 bits per heavy atom. The highest BCUT2D eigenvalue weighted by atomic mass is 35.5. The van der Waals surface area contributed by atoms with E-state index in [1.165, 1.54) is 0 Å². The molecule has 0 atom stereocenters. The molecule has 0 saturated carbocycles. The predicted octanol–water partition coefficient (Wildman–Crippen LogP) is 1.71. The third-order valence-electron chi connectivity index (χ3n) is 1.82. The molecule has 0 heterocycles. The van der Waals surface area contributed by atoms with Gasteiger partial charge in [0.05, 0.1) is 7.11 Å². The van der Waals surface area contributed by atoms with Gasteiger partial charge in [0.25, 0.3) is 0 Å². The molecule has 3 nitrogen and oxygen atoms in total.